The van der Waals surface area contributed by atoms with Gasteiger partial charge in [0.05, 0.1) is 37.1 Å². The Morgan fingerprint density at radius 3 is 2.40 bits per heavy atom. The monoisotopic (exact) mass is 578 g/mol. The van der Waals surface area contributed by atoms with Gasteiger partial charge in [0.1, 0.15) is 35.2 Å². The van der Waals surface area contributed by atoms with Gasteiger partial charge in [-0.15, -0.1) is 0 Å². The van der Waals surface area contributed by atoms with Crippen molar-refractivity contribution >= 4 is 22.7 Å². The van der Waals surface area contributed by atoms with Crippen molar-refractivity contribution in [3.05, 3.63) is 66.0 Å². The largest absolute Gasteiger partial charge is 0.496 e. The van der Waals surface area contributed by atoms with E-state index >= 15 is 0 Å². The molecule has 4 aromatic heterocycles. The topological polar surface area (TPSA) is 108 Å². The molecule has 7 rings (SSSR count). The fourth-order valence-corrected chi connectivity index (χ4v) is 6.37. The van der Waals surface area contributed by atoms with E-state index in [2.05, 4.69) is 75.9 Å². The number of hydrogen-bond donors (Lipinski definition) is 2. The van der Waals surface area contributed by atoms with Gasteiger partial charge in [-0.2, -0.15) is 0 Å². The van der Waals surface area contributed by atoms with Gasteiger partial charge < -0.3 is 29.2 Å². The van der Waals surface area contributed by atoms with Crippen LogP contribution in [0.3, 0.4) is 0 Å². The summed E-state index contributed by atoms with van der Waals surface area (Å²) in [6, 6.07) is 12.6. The number of rotatable bonds is 6. The quantitative estimate of drug-likeness (QED) is 0.275. The molecule has 10 nitrogen and oxygen atoms in total. The van der Waals surface area contributed by atoms with Crippen LogP contribution in [0.5, 0.6) is 5.75 Å². The van der Waals surface area contributed by atoms with E-state index < -0.39 is 0 Å². The number of piperidine rings is 1. The molecule has 2 fully saturated rings. The number of hydrogen-bond acceptors (Lipinski definition) is 8. The van der Waals surface area contributed by atoms with E-state index in [4.69, 9.17) is 24.4 Å². The highest BCUT2D eigenvalue weighted by atomic mass is 16.5. The molecule has 0 aliphatic carbocycles. The zero-order valence-electron chi connectivity index (χ0n) is 25.3. The number of anilines is 2. The van der Waals surface area contributed by atoms with E-state index in [9.17, 15) is 0 Å². The first-order valence-corrected chi connectivity index (χ1v) is 15.0. The summed E-state index contributed by atoms with van der Waals surface area (Å²) < 4.78 is 10.9. The first-order chi connectivity index (χ1) is 20.9. The number of nitrogens with one attached hydrogen (secondary N) is 2. The molecule has 0 radical (unpaired) electrons. The molecule has 222 valence electrons. The Hall–Kier alpha value is -4.44. The molecule has 2 aliphatic rings. The van der Waals surface area contributed by atoms with Gasteiger partial charge in [-0.3, -0.25) is 0 Å². The second-order valence-corrected chi connectivity index (χ2v) is 11.9. The van der Waals surface area contributed by atoms with Crippen molar-refractivity contribution in [3.63, 3.8) is 0 Å². The van der Waals surface area contributed by atoms with Crippen LogP contribution >= 0.6 is 0 Å². The van der Waals surface area contributed by atoms with Crippen LogP contribution in [-0.2, 0) is 10.2 Å². The Balaban J connectivity index is 1.09. The number of aryl methyl sites for hydroxylation is 2. The van der Waals surface area contributed by atoms with E-state index in [1.54, 1.807) is 13.4 Å². The summed E-state index contributed by atoms with van der Waals surface area (Å²) in [4.78, 5) is 30.9. The summed E-state index contributed by atoms with van der Waals surface area (Å²) in [7, 11) is 1.71. The number of pyridine rings is 1. The second kappa shape index (κ2) is 11.0. The number of aromatic nitrogens is 6. The molecular weight excluding hydrogens is 540 g/mol. The zero-order valence-corrected chi connectivity index (χ0v) is 25.3. The van der Waals surface area contributed by atoms with Crippen LogP contribution in [0.4, 0.5) is 11.6 Å². The average molecular weight is 579 g/mol. The van der Waals surface area contributed by atoms with Crippen LogP contribution in [-0.4, -0.2) is 76.4 Å². The minimum atomic E-state index is -0.0512. The van der Waals surface area contributed by atoms with Crippen LogP contribution in [0.1, 0.15) is 36.8 Å². The average Bonchev–Trinajstić information content (AvgIpc) is 3.66. The first kappa shape index (κ1) is 27.4. The van der Waals surface area contributed by atoms with Crippen LogP contribution in [0, 0.1) is 13.8 Å². The smallest absolute Gasteiger partial charge is 0.143 e. The van der Waals surface area contributed by atoms with Crippen molar-refractivity contribution in [2.75, 3.05) is 56.3 Å². The zero-order chi connectivity index (χ0) is 29.6. The molecule has 6 heterocycles. The minimum Gasteiger partial charge on any atom is -0.496 e. The van der Waals surface area contributed by atoms with Gasteiger partial charge in [0.25, 0.3) is 0 Å². The molecule has 0 unspecified atom stereocenters. The predicted molar refractivity (Wildman–Crippen MR) is 169 cm³/mol. The summed E-state index contributed by atoms with van der Waals surface area (Å²) in [5.74, 6) is 3.90. The maximum absolute atomic E-state index is 5.48. The lowest BCUT2D eigenvalue weighted by Gasteiger charge is -2.38. The summed E-state index contributed by atoms with van der Waals surface area (Å²) in [5.41, 5.74) is 7.16. The highest BCUT2D eigenvalue weighted by Crippen LogP contribution is 2.38. The van der Waals surface area contributed by atoms with Gasteiger partial charge in [-0.25, -0.2) is 19.9 Å². The molecule has 0 bridgehead atoms. The minimum absolute atomic E-state index is 0.0512. The predicted octanol–water partition coefficient (Wildman–Crippen LogP) is 5.43. The second-order valence-electron chi connectivity index (χ2n) is 11.9. The molecular formula is C33H38N8O2. The molecule has 0 atom stereocenters. The van der Waals surface area contributed by atoms with Gasteiger partial charge in [0.2, 0.25) is 0 Å². The van der Waals surface area contributed by atoms with Gasteiger partial charge in [-0.1, -0.05) is 6.92 Å². The van der Waals surface area contributed by atoms with Crippen molar-refractivity contribution in [1.82, 2.24) is 29.9 Å². The molecule has 0 amide bonds. The Morgan fingerprint density at radius 1 is 0.884 bits per heavy atom. The lowest BCUT2D eigenvalue weighted by Crippen LogP contribution is -2.42. The highest BCUT2D eigenvalue weighted by Gasteiger charge is 2.36. The molecule has 2 saturated heterocycles. The van der Waals surface area contributed by atoms with E-state index in [1.807, 2.05) is 12.3 Å². The standard InChI is InChI=1S/C33H38N8O2/c1-21-17-23(5-7-27(21)42-4)29-22(2)37-32(39-29)33(3)9-11-41(12-10-33)31-25-18-26(38-30(25)35-20-36-31)24-6-8-28(34-19-24)40-13-15-43-16-14-40/h5-8,17-20H,9-16H2,1-4H3,(H,37,39)(H,35,36,38). The summed E-state index contributed by atoms with van der Waals surface area (Å²) >= 11 is 0. The molecule has 5 aromatic rings. The van der Waals surface area contributed by atoms with Crippen molar-refractivity contribution in [2.24, 2.45) is 0 Å². The van der Waals surface area contributed by atoms with Crippen molar-refractivity contribution in [3.8, 4) is 28.3 Å². The van der Waals surface area contributed by atoms with Crippen molar-refractivity contribution in [1.29, 1.82) is 0 Å². The van der Waals surface area contributed by atoms with Crippen LogP contribution in [0.2, 0.25) is 0 Å². The lowest BCUT2D eigenvalue weighted by molar-refractivity contribution is 0.122. The van der Waals surface area contributed by atoms with E-state index in [1.165, 1.54) is 0 Å². The number of aromatic amines is 2. The summed E-state index contributed by atoms with van der Waals surface area (Å²) in [6.07, 6.45) is 5.53. The Labute approximate surface area is 251 Å². The fraction of sp³-hybridized carbons (Fsp3) is 0.394. The third kappa shape index (κ3) is 5.09. The number of fused-ring (bicyclic) bond motifs is 1. The van der Waals surface area contributed by atoms with E-state index in [0.29, 0.717) is 0 Å². The van der Waals surface area contributed by atoms with Gasteiger partial charge in [-0.05, 0) is 68.7 Å². The number of ether oxygens (including phenoxy) is 2. The van der Waals surface area contributed by atoms with E-state index in [0.717, 1.165) is 120 Å². The number of morpholine rings is 1. The highest BCUT2D eigenvalue weighted by molar-refractivity contribution is 5.92. The summed E-state index contributed by atoms with van der Waals surface area (Å²) in [5, 5.41) is 1.03. The number of nitrogens with zero attached hydrogens (tertiary/aromatic N) is 6. The van der Waals surface area contributed by atoms with Crippen LogP contribution < -0.4 is 14.5 Å². The molecule has 10 heteroatoms. The molecule has 1 aromatic carbocycles. The SMILES string of the molecule is COc1ccc(-c2[nH]c(C3(C)CCN(c4ncnc5[nH]c(-c6ccc(N7CCOCC7)nc6)cc45)CC3)nc2C)cc1C. The Bertz CT molecular complexity index is 1740. The maximum Gasteiger partial charge on any atom is 0.143 e. The number of methoxy groups -OCH3 is 1. The van der Waals surface area contributed by atoms with Crippen LogP contribution in [0.15, 0.2) is 48.9 Å². The van der Waals surface area contributed by atoms with Gasteiger partial charge in [0.15, 0.2) is 0 Å². The normalized spacial score (nSPS) is 17.0. The maximum atomic E-state index is 5.48. The molecule has 0 saturated carbocycles. The fourth-order valence-electron chi connectivity index (χ4n) is 6.37. The number of imidazole rings is 1. The molecule has 0 spiro atoms. The molecule has 2 aliphatic heterocycles. The third-order valence-corrected chi connectivity index (χ3v) is 9.11. The van der Waals surface area contributed by atoms with Crippen LogP contribution in [0.25, 0.3) is 33.5 Å². The van der Waals surface area contributed by atoms with Gasteiger partial charge in [0, 0.05) is 54.6 Å². The summed E-state index contributed by atoms with van der Waals surface area (Å²) in [6.45, 7) is 11.5. The third-order valence-electron chi connectivity index (χ3n) is 9.11. The number of benzene rings is 1. The number of H-pyrrole nitrogens is 2. The Kier molecular flexibility index (Phi) is 7.01. The van der Waals surface area contributed by atoms with E-state index in [-0.39, 0.29) is 5.41 Å². The lowest BCUT2D eigenvalue weighted by atomic mass is 9.79. The van der Waals surface area contributed by atoms with Gasteiger partial charge >= 0.3 is 0 Å². The molecule has 2 N–H and O–H groups in total. The Morgan fingerprint density at radius 2 is 1.67 bits per heavy atom. The van der Waals surface area contributed by atoms with Crippen molar-refractivity contribution in [2.45, 2.75) is 39.0 Å². The molecule has 43 heavy (non-hydrogen) atoms. The van der Waals surface area contributed by atoms with Crippen molar-refractivity contribution < 1.29 is 9.47 Å². The first-order valence-electron chi connectivity index (χ1n) is 15.0.